The lowest BCUT2D eigenvalue weighted by molar-refractivity contribution is 0.0728. The molecule has 2 heterocycles. The number of hydrogen-bond acceptors (Lipinski definition) is 5. The molecule has 32 heavy (non-hydrogen) atoms. The third-order valence-corrected chi connectivity index (χ3v) is 5.63. The third-order valence-electron chi connectivity index (χ3n) is 5.40. The van der Waals surface area contributed by atoms with Crippen LogP contribution in [0.25, 0.3) is 0 Å². The molecule has 8 heteroatoms. The number of halogens is 1. The Morgan fingerprint density at radius 3 is 2.50 bits per heavy atom. The number of hydrogen-bond donors (Lipinski definition) is 1. The van der Waals surface area contributed by atoms with E-state index in [4.69, 9.17) is 25.8 Å². The normalized spacial score (nSPS) is 12.8. The lowest BCUT2D eigenvalue weighted by Crippen LogP contribution is -2.36. The molecule has 166 valence electrons. The summed E-state index contributed by atoms with van der Waals surface area (Å²) in [5, 5.41) is 0.597. The van der Waals surface area contributed by atoms with Crippen LogP contribution >= 0.6 is 11.6 Å². The van der Waals surface area contributed by atoms with Crippen LogP contribution in [0.3, 0.4) is 0 Å². The molecule has 2 aromatic carbocycles. The van der Waals surface area contributed by atoms with Gasteiger partial charge in [0.25, 0.3) is 5.91 Å². The molecule has 0 bridgehead atoms. The highest BCUT2D eigenvalue weighted by molar-refractivity contribution is 6.30. The standard InChI is InChI=1S/C24H23ClN2O5/c1-30-21-9-16-6-7-27(13-17(16)10-22(21)31-2)24(29)19-11-20(28)23(12-26-19)32-14-15-4-3-5-18(25)8-15/h3-5,8-12H,6-7,13-14H2,1-2H3,(H,26,28). The van der Waals surface area contributed by atoms with E-state index < -0.39 is 0 Å². The van der Waals surface area contributed by atoms with E-state index in [-0.39, 0.29) is 29.4 Å². The first kappa shape index (κ1) is 21.8. The summed E-state index contributed by atoms with van der Waals surface area (Å²) in [5.41, 5.74) is 2.80. The van der Waals surface area contributed by atoms with Gasteiger partial charge in [0.2, 0.25) is 5.43 Å². The van der Waals surface area contributed by atoms with Crippen molar-refractivity contribution in [2.75, 3.05) is 20.8 Å². The molecule has 0 aliphatic carbocycles. The Balaban J connectivity index is 1.47. The molecule has 1 N–H and O–H groups in total. The quantitative estimate of drug-likeness (QED) is 0.612. The van der Waals surface area contributed by atoms with Gasteiger partial charge in [-0.15, -0.1) is 0 Å². The van der Waals surface area contributed by atoms with E-state index in [9.17, 15) is 9.59 Å². The Morgan fingerprint density at radius 2 is 1.81 bits per heavy atom. The average molecular weight is 455 g/mol. The van der Waals surface area contributed by atoms with Crippen molar-refractivity contribution in [3.05, 3.63) is 86.3 Å². The summed E-state index contributed by atoms with van der Waals surface area (Å²) in [7, 11) is 3.18. The van der Waals surface area contributed by atoms with Crippen molar-refractivity contribution in [3.63, 3.8) is 0 Å². The molecule has 0 radical (unpaired) electrons. The first-order valence-corrected chi connectivity index (χ1v) is 10.5. The number of H-pyrrole nitrogens is 1. The zero-order valence-electron chi connectivity index (χ0n) is 17.8. The number of benzene rings is 2. The Kier molecular flexibility index (Phi) is 6.37. The second-order valence-corrected chi connectivity index (χ2v) is 7.88. The van der Waals surface area contributed by atoms with Gasteiger partial charge in [-0.1, -0.05) is 23.7 Å². The fraction of sp³-hybridized carbons (Fsp3) is 0.250. The van der Waals surface area contributed by atoms with Crippen molar-refractivity contribution in [1.82, 2.24) is 9.88 Å². The average Bonchev–Trinajstić information content (AvgIpc) is 2.81. The van der Waals surface area contributed by atoms with Crippen molar-refractivity contribution < 1.29 is 19.0 Å². The van der Waals surface area contributed by atoms with E-state index in [1.165, 1.54) is 12.3 Å². The predicted octanol–water partition coefficient (Wildman–Crippen LogP) is 3.82. The molecular weight excluding hydrogens is 432 g/mol. The maximum atomic E-state index is 13.0. The number of aromatic nitrogens is 1. The van der Waals surface area contributed by atoms with Crippen LogP contribution in [0.1, 0.15) is 27.2 Å². The minimum Gasteiger partial charge on any atom is -0.493 e. The van der Waals surface area contributed by atoms with Gasteiger partial charge in [-0.25, -0.2) is 0 Å². The van der Waals surface area contributed by atoms with Crippen molar-refractivity contribution in [2.24, 2.45) is 0 Å². The number of rotatable bonds is 6. The summed E-state index contributed by atoms with van der Waals surface area (Å²) in [5.74, 6) is 1.19. The Bertz CT molecular complexity index is 1210. The Morgan fingerprint density at radius 1 is 1.06 bits per heavy atom. The van der Waals surface area contributed by atoms with Gasteiger partial charge in [-0.3, -0.25) is 9.59 Å². The van der Waals surface area contributed by atoms with Gasteiger partial charge in [0, 0.05) is 30.4 Å². The van der Waals surface area contributed by atoms with Crippen LogP contribution in [0.4, 0.5) is 0 Å². The van der Waals surface area contributed by atoms with E-state index in [1.54, 1.807) is 31.3 Å². The lowest BCUT2D eigenvalue weighted by atomic mass is 9.98. The van der Waals surface area contributed by atoms with Crippen molar-refractivity contribution in [1.29, 1.82) is 0 Å². The van der Waals surface area contributed by atoms with Crippen molar-refractivity contribution in [2.45, 2.75) is 19.6 Å². The molecule has 1 amide bonds. The highest BCUT2D eigenvalue weighted by Gasteiger charge is 2.24. The predicted molar refractivity (Wildman–Crippen MR) is 121 cm³/mol. The van der Waals surface area contributed by atoms with Crippen molar-refractivity contribution in [3.8, 4) is 17.2 Å². The fourth-order valence-electron chi connectivity index (χ4n) is 3.71. The molecule has 1 aliphatic rings. The topological polar surface area (TPSA) is 80.9 Å². The van der Waals surface area contributed by atoms with Crippen LogP contribution in [0.5, 0.6) is 17.2 Å². The van der Waals surface area contributed by atoms with E-state index in [1.807, 2.05) is 24.3 Å². The first-order valence-electron chi connectivity index (χ1n) is 10.1. The minimum atomic E-state index is -0.363. The number of methoxy groups -OCH3 is 2. The van der Waals surface area contributed by atoms with Crippen molar-refractivity contribution >= 4 is 17.5 Å². The summed E-state index contributed by atoms with van der Waals surface area (Å²) in [6.45, 7) is 1.16. The molecule has 0 spiro atoms. The van der Waals surface area contributed by atoms with Crippen LogP contribution in [-0.2, 0) is 19.6 Å². The highest BCUT2D eigenvalue weighted by Crippen LogP contribution is 2.33. The maximum absolute atomic E-state index is 13.0. The number of ether oxygens (including phenoxy) is 3. The zero-order valence-corrected chi connectivity index (χ0v) is 18.6. The summed E-state index contributed by atoms with van der Waals surface area (Å²) >= 11 is 5.97. The van der Waals surface area contributed by atoms with Crippen LogP contribution in [0.15, 0.2) is 53.5 Å². The van der Waals surface area contributed by atoms with E-state index in [2.05, 4.69) is 4.98 Å². The fourth-order valence-corrected chi connectivity index (χ4v) is 3.92. The van der Waals surface area contributed by atoms with Crippen LogP contribution in [0, 0.1) is 0 Å². The molecule has 1 aliphatic heterocycles. The van der Waals surface area contributed by atoms with Gasteiger partial charge in [0.05, 0.1) is 14.2 Å². The zero-order chi connectivity index (χ0) is 22.7. The van der Waals surface area contributed by atoms with Gasteiger partial charge in [0.15, 0.2) is 17.2 Å². The third kappa shape index (κ3) is 4.57. The lowest BCUT2D eigenvalue weighted by Gasteiger charge is -2.29. The SMILES string of the molecule is COc1cc2c(cc1OC)CN(C(=O)c1cc(=O)c(OCc3cccc(Cl)c3)c[nH]1)CC2. The maximum Gasteiger partial charge on any atom is 0.270 e. The summed E-state index contributed by atoms with van der Waals surface area (Å²) in [4.78, 5) is 30.1. The smallest absolute Gasteiger partial charge is 0.270 e. The largest absolute Gasteiger partial charge is 0.493 e. The summed E-state index contributed by atoms with van der Waals surface area (Å²) < 4.78 is 16.3. The number of pyridine rings is 1. The second kappa shape index (κ2) is 9.36. The molecule has 4 rings (SSSR count). The van der Waals surface area contributed by atoms with E-state index in [0.29, 0.717) is 36.0 Å². The molecule has 0 unspecified atom stereocenters. The number of amides is 1. The van der Waals surface area contributed by atoms with Crippen LogP contribution in [-0.4, -0.2) is 36.6 Å². The van der Waals surface area contributed by atoms with Gasteiger partial charge >= 0.3 is 0 Å². The van der Waals surface area contributed by atoms with Crippen LogP contribution < -0.4 is 19.6 Å². The van der Waals surface area contributed by atoms with E-state index in [0.717, 1.165) is 16.7 Å². The van der Waals surface area contributed by atoms with Crippen LogP contribution in [0.2, 0.25) is 5.02 Å². The number of fused-ring (bicyclic) bond motifs is 1. The Labute approximate surface area is 190 Å². The minimum absolute atomic E-state index is 0.141. The van der Waals surface area contributed by atoms with Gasteiger partial charge in [-0.2, -0.15) is 0 Å². The number of nitrogens with one attached hydrogen (secondary N) is 1. The molecule has 0 saturated heterocycles. The molecule has 3 aromatic rings. The monoisotopic (exact) mass is 454 g/mol. The molecule has 0 atom stereocenters. The number of aromatic amines is 1. The Hall–Kier alpha value is -3.45. The van der Waals surface area contributed by atoms with Gasteiger partial charge in [0.1, 0.15) is 12.3 Å². The number of nitrogens with zero attached hydrogens (tertiary/aromatic N) is 1. The summed E-state index contributed by atoms with van der Waals surface area (Å²) in [6.07, 6.45) is 2.11. The van der Waals surface area contributed by atoms with Gasteiger partial charge in [-0.05, 0) is 47.4 Å². The molecule has 0 fully saturated rings. The van der Waals surface area contributed by atoms with Gasteiger partial charge < -0.3 is 24.1 Å². The molecule has 0 saturated carbocycles. The molecule has 1 aromatic heterocycles. The highest BCUT2D eigenvalue weighted by atomic mass is 35.5. The number of carbonyl (C=O) groups excluding carboxylic acids is 1. The molecular formula is C24H23ClN2O5. The van der Waals surface area contributed by atoms with E-state index >= 15 is 0 Å². The summed E-state index contributed by atoms with van der Waals surface area (Å²) in [6, 6.07) is 12.3. The number of carbonyl (C=O) groups is 1. The second-order valence-electron chi connectivity index (χ2n) is 7.45. The first-order chi connectivity index (χ1) is 15.5. The molecule has 7 nitrogen and oxygen atoms in total.